The fourth-order valence-corrected chi connectivity index (χ4v) is 1.50. The predicted octanol–water partition coefficient (Wildman–Crippen LogP) is 0.407. The molecule has 2 heterocycles. The number of carbonyl (C=O) groups is 1. The molecule has 0 unspecified atom stereocenters. The number of esters is 1. The molecule has 78 valence electrons. The van der Waals surface area contributed by atoms with Gasteiger partial charge in [-0.25, -0.2) is 14.3 Å². The molecule has 15 heavy (non-hydrogen) atoms. The number of hydrogen-bond acceptors (Lipinski definition) is 5. The van der Waals surface area contributed by atoms with Gasteiger partial charge < -0.3 is 10.5 Å². The van der Waals surface area contributed by atoms with Gasteiger partial charge in [-0.15, -0.1) is 0 Å². The van der Waals surface area contributed by atoms with Crippen molar-refractivity contribution in [1.29, 1.82) is 0 Å². The number of hydrogen-bond donors (Lipinski definition) is 1. The predicted molar refractivity (Wildman–Crippen MR) is 53.5 cm³/mol. The van der Waals surface area contributed by atoms with Gasteiger partial charge in [0, 0.05) is 6.20 Å². The van der Waals surface area contributed by atoms with E-state index in [1.807, 2.05) is 0 Å². The van der Waals surface area contributed by atoms with Crippen molar-refractivity contribution >= 4 is 17.3 Å². The van der Waals surface area contributed by atoms with Crippen molar-refractivity contribution in [3.05, 3.63) is 23.7 Å². The summed E-state index contributed by atoms with van der Waals surface area (Å²) in [5, 5.41) is 3.96. The number of nitrogens with two attached hydrogens (primary N) is 1. The molecule has 0 aliphatic rings. The van der Waals surface area contributed by atoms with Gasteiger partial charge in [0.1, 0.15) is 11.8 Å². The lowest BCUT2D eigenvalue weighted by Gasteiger charge is -1.97. The summed E-state index contributed by atoms with van der Waals surface area (Å²) in [5.74, 6) is -0.0601. The minimum Gasteiger partial charge on any atom is -0.465 e. The zero-order valence-electron chi connectivity index (χ0n) is 8.39. The van der Waals surface area contributed by atoms with Crippen LogP contribution >= 0.6 is 0 Å². The van der Waals surface area contributed by atoms with Crippen LogP contribution in [-0.4, -0.2) is 27.7 Å². The first-order chi connectivity index (χ1) is 7.15. The van der Waals surface area contributed by atoms with Crippen LogP contribution in [0, 0.1) is 6.92 Å². The first-order valence-corrected chi connectivity index (χ1v) is 4.32. The van der Waals surface area contributed by atoms with Gasteiger partial charge in [-0.3, -0.25) is 0 Å². The molecule has 0 aromatic carbocycles. The van der Waals surface area contributed by atoms with Gasteiger partial charge in [0.2, 0.25) is 0 Å². The maximum atomic E-state index is 11.4. The highest BCUT2D eigenvalue weighted by molar-refractivity contribution is 5.94. The molecule has 2 aromatic heterocycles. The summed E-state index contributed by atoms with van der Waals surface area (Å²) in [6.45, 7) is 1.78. The molecule has 6 nitrogen and oxygen atoms in total. The second kappa shape index (κ2) is 3.23. The number of nitrogen functional groups attached to an aromatic ring is 1. The molecule has 2 N–H and O–H groups in total. The minimum atomic E-state index is -0.405. The molecule has 2 aromatic rings. The lowest BCUT2D eigenvalue weighted by Crippen LogP contribution is -2.01. The van der Waals surface area contributed by atoms with Crippen LogP contribution in [0.5, 0.6) is 0 Å². The maximum absolute atomic E-state index is 11.4. The van der Waals surface area contributed by atoms with Gasteiger partial charge in [-0.2, -0.15) is 5.10 Å². The van der Waals surface area contributed by atoms with E-state index in [2.05, 4.69) is 14.8 Å². The van der Waals surface area contributed by atoms with Crippen molar-refractivity contribution in [3.63, 3.8) is 0 Å². The zero-order chi connectivity index (χ0) is 11.0. The van der Waals surface area contributed by atoms with Crippen molar-refractivity contribution in [3.8, 4) is 0 Å². The van der Waals surface area contributed by atoms with Crippen LogP contribution in [0.25, 0.3) is 5.52 Å². The number of ether oxygens (including phenoxy) is 1. The highest BCUT2D eigenvalue weighted by Crippen LogP contribution is 2.20. The number of nitrogens with zero attached hydrogens (tertiary/aromatic N) is 3. The van der Waals surface area contributed by atoms with Crippen LogP contribution in [-0.2, 0) is 4.74 Å². The van der Waals surface area contributed by atoms with E-state index in [4.69, 9.17) is 5.73 Å². The number of carbonyl (C=O) groups excluding carboxylic acids is 1. The van der Waals surface area contributed by atoms with Crippen molar-refractivity contribution in [2.24, 2.45) is 0 Å². The van der Waals surface area contributed by atoms with Crippen LogP contribution in [0.2, 0.25) is 0 Å². The Kier molecular flexibility index (Phi) is 2.03. The fraction of sp³-hybridized carbons (Fsp3) is 0.222. The van der Waals surface area contributed by atoms with Crippen molar-refractivity contribution in [2.75, 3.05) is 12.8 Å². The van der Waals surface area contributed by atoms with Crippen LogP contribution in [0.1, 0.15) is 15.9 Å². The average molecular weight is 206 g/mol. The molecular weight excluding hydrogens is 196 g/mol. The van der Waals surface area contributed by atoms with E-state index in [9.17, 15) is 4.79 Å². The molecule has 0 saturated heterocycles. The molecule has 6 heteroatoms. The highest BCUT2D eigenvalue weighted by atomic mass is 16.5. The van der Waals surface area contributed by atoms with Gasteiger partial charge in [0.25, 0.3) is 0 Å². The summed E-state index contributed by atoms with van der Waals surface area (Å²) in [4.78, 5) is 15.3. The maximum Gasteiger partial charge on any atom is 0.339 e. The van der Waals surface area contributed by atoms with E-state index >= 15 is 0 Å². The first kappa shape index (κ1) is 9.45. The fourth-order valence-electron chi connectivity index (χ4n) is 1.50. The number of fused-ring (bicyclic) bond motifs is 1. The first-order valence-electron chi connectivity index (χ1n) is 4.32. The molecule has 2 rings (SSSR count). The molecule has 0 fully saturated rings. The van der Waals surface area contributed by atoms with Crippen molar-refractivity contribution in [1.82, 2.24) is 14.6 Å². The third kappa shape index (κ3) is 1.30. The van der Waals surface area contributed by atoms with E-state index in [1.54, 1.807) is 13.1 Å². The quantitative estimate of drug-likeness (QED) is 0.683. The van der Waals surface area contributed by atoms with Crippen LogP contribution < -0.4 is 5.73 Å². The number of rotatable bonds is 1. The second-order valence-electron chi connectivity index (χ2n) is 3.10. The monoisotopic (exact) mass is 206 g/mol. The molecule has 0 spiro atoms. The van der Waals surface area contributed by atoms with E-state index in [0.717, 1.165) is 5.56 Å². The van der Waals surface area contributed by atoms with Gasteiger partial charge in [0.15, 0.2) is 5.82 Å². The van der Waals surface area contributed by atoms with Gasteiger partial charge in [-0.1, -0.05) is 0 Å². The van der Waals surface area contributed by atoms with Gasteiger partial charge >= 0.3 is 5.97 Å². The van der Waals surface area contributed by atoms with Crippen LogP contribution in [0.3, 0.4) is 0 Å². The Bertz CT molecular complexity index is 532. The van der Waals surface area contributed by atoms with Crippen molar-refractivity contribution in [2.45, 2.75) is 6.92 Å². The van der Waals surface area contributed by atoms with E-state index in [-0.39, 0.29) is 0 Å². The summed E-state index contributed by atoms with van der Waals surface area (Å²) >= 11 is 0. The minimum absolute atomic E-state index is 0.345. The molecule has 0 radical (unpaired) electrons. The van der Waals surface area contributed by atoms with E-state index in [0.29, 0.717) is 16.9 Å². The Morgan fingerprint density at radius 3 is 2.93 bits per heavy atom. The molecule has 0 bridgehead atoms. The summed E-state index contributed by atoms with van der Waals surface area (Å²) < 4.78 is 6.16. The molecule has 0 aliphatic heterocycles. The Hall–Kier alpha value is -2.11. The third-order valence-corrected chi connectivity index (χ3v) is 2.26. The topological polar surface area (TPSA) is 82.5 Å². The summed E-state index contributed by atoms with van der Waals surface area (Å²) in [6.07, 6.45) is 2.91. The highest BCUT2D eigenvalue weighted by Gasteiger charge is 2.16. The molecule has 0 atom stereocenters. The Labute approximate surface area is 85.7 Å². The van der Waals surface area contributed by atoms with Crippen molar-refractivity contribution < 1.29 is 9.53 Å². The second-order valence-corrected chi connectivity index (χ2v) is 3.10. The number of methoxy groups -OCH3 is 1. The average Bonchev–Trinajstić information content (AvgIpc) is 2.56. The molecule has 0 saturated carbocycles. The van der Waals surface area contributed by atoms with E-state index in [1.165, 1.54) is 18.0 Å². The number of anilines is 1. The number of aryl methyl sites for hydroxylation is 1. The molecule has 0 aliphatic carbocycles. The largest absolute Gasteiger partial charge is 0.465 e. The SMILES string of the molecule is COC(=O)c1cn2ncnc(N)c2c1C. The van der Waals surface area contributed by atoms with Gasteiger partial charge in [0.05, 0.1) is 12.7 Å². The Morgan fingerprint density at radius 2 is 2.33 bits per heavy atom. The Balaban J connectivity index is 2.75. The lowest BCUT2D eigenvalue weighted by molar-refractivity contribution is 0.0600. The summed E-state index contributed by atoms with van der Waals surface area (Å²) in [7, 11) is 1.33. The van der Waals surface area contributed by atoms with E-state index < -0.39 is 5.97 Å². The Morgan fingerprint density at radius 1 is 1.60 bits per heavy atom. The normalized spacial score (nSPS) is 10.5. The smallest absolute Gasteiger partial charge is 0.339 e. The van der Waals surface area contributed by atoms with Crippen LogP contribution in [0.4, 0.5) is 5.82 Å². The lowest BCUT2D eigenvalue weighted by atomic mass is 10.2. The third-order valence-electron chi connectivity index (χ3n) is 2.26. The zero-order valence-corrected chi connectivity index (χ0v) is 8.39. The number of aromatic nitrogens is 3. The molecular formula is C9H10N4O2. The molecule has 0 amide bonds. The standard InChI is InChI=1S/C9H10N4O2/c1-5-6(9(14)15-2)3-13-7(5)8(10)11-4-12-13/h3-4H,1-2H3,(H2,10,11,12). The van der Waals surface area contributed by atoms with Crippen LogP contribution in [0.15, 0.2) is 12.5 Å². The van der Waals surface area contributed by atoms with Gasteiger partial charge in [-0.05, 0) is 12.5 Å². The summed E-state index contributed by atoms with van der Waals surface area (Å²) in [5.41, 5.74) is 7.50. The summed E-state index contributed by atoms with van der Waals surface area (Å²) in [6, 6.07) is 0.